The van der Waals surface area contributed by atoms with Gasteiger partial charge in [-0.2, -0.15) is 0 Å². The fourth-order valence-electron chi connectivity index (χ4n) is 3.13. The van der Waals surface area contributed by atoms with Gasteiger partial charge >= 0.3 is 6.09 Å². The molecule has 3 rings (SSSR count). The summed E-state index contributed by atoms with van der Waals surface area (Å²) in [6.45, 7) is 0.153. The minimum atomic E-state index is -4.01. The number of rotatable bonds is 7. The highest BCUT2D eigenvalue weighted by molar-refractivity contribution is 7.90. The smallest absolute Gasteiger partial charge is 0.404 e. The van der Waals surface area contributed by atoms with Crippen LogP contribution in [0.3, 0.4) is 0 Å². The van der Waals surface area contributed by atoms with Crippen LogP contribution < -0.4 is 5.32 Å². The Labute approximate surface area is 180 Å². The maximum absolute atomic E-state index is 13.5. The predicted octanol–water partition coefficient (Wildman–Crippen LogP) is 2.90. The summed E-state index contributed by atoms with van der Waals surface area (Å²) in [7, 11) is -0.816. The molecule has 0 atom stereocenters. The summed E-state index contributed by atoms with van der Waals surface area (Å²) in [5, 5.41) is 11.1. The first-order valence-corrected chi connectivity index (χ1v) is 10.9. The molecule has 2 amide bonds. The zero-order chi connectivity index (χ0) is 22.6. The quantitative estimate of drug-likeness (QED) is 0.586. The van der Waals surface area contributed by atoms with Crippen molar-refractivity contribution in [1.29, 1.82) is 0 Å². The van der Waals surface area contributed by atoms with Crippen LogP contribution in [0, 0.1) is 0 Å². The molecule has 1 heterocycles. The van der Waals surface area contributed by atoms with Crippen LogP contribution in [0.2, 0.25) is 0 Å². The lowest BCUT2D eigenvalue weighted by Crippen LogP contribution is -2.23. The van der Waals surface area contributed by atoms with E-state index in [1.165, 1.54) is 33.3 Å². The molecule has 3 aromatic rings. The summed E-state index contributed by atoms with van der Waals surface area (Å²) in [6, 6.07) is 16.7. The van der Waals surface area contributed by atoms with Gasteiger partial charge in [-0.1, -0.05) is 36.4 Å². The molecular formula is C22H23N3O5S. The summed E-state index contributed by atoms with van der Waals surface area (Å²) < 4.78 is 28.2. The molecule has 0 saturated carbocycles. The summed E-state index contributed by atoms with van der Waals surface area (Å²) in [5.41, 5.74) is 2.08. The first-order chi connectivity index (χ1) is 14.7. The third-order valence-electron chi connectivity index (χ3n) is 4.65. The Bertz CT molecular complexity index is 1200. The second-order valence-corrected chi connectivity index (χ2v) is 8.92. The van der Waals surface area contributed by atoms with E-state index in [9.17, 15) is 18.0 Å². The average molecular weight is 442 g/mol. The number of carbonyl (C=O) groups excluding carboxylic acids is 1. The molecule has 0 aliphatic heterocycles. The van der Waals surface area contributed by atoms with Crippen LogP contribution in [0.25, 0.3) is 11.3 Å². The number of hydrogen-bond acceptors (Lipinski definition) is 4. The molecule has 0 unspecified atom stereocenters. The van der Waals surface area contributed by atoms with Gasteiger partial charge in [0.2, 0.25) is 0 Å². The van der Waals surface area contributed by atoms with Gasteiger partial charge in [-0.15, -0.1) is 0 Å². The molecule has 8 nitrogen and oxygen atoms in total. The van der Waals surface area contributed by atoms with E-state index in [0.717, 1.165) is 0 Å². The Kier molecular flexibility index (Phi) is 6.45. The minimum Gasteiger partial charge on any atom is -0.465 e. The van der Waals surface area contributed by atoms with Gasteiger partial charge in [-0.05, 0) is 41.8 Å². The molecule has 0 radical (unpaired) electrons. The molecule has 0 saturated heterocycles. The Morgan fingerprint density at radius 2 is 1.74 bits per heavy atom. The van der Waals surface area contributed by atoms with Gasteiger partial charge in [0.15, 0.2) is 0 Å². The largest absolute Gasteiger partial charge is 0.465 e. The average Bonchev–Trinajstić information content (AvgIpc) is 3.18. The molecule has 2 N–H and O–H groups in total. The Hall–Kier alpha value is -3.59. The van der Waals surface area contributed by atoms with Gasteiger partial charge in [0.1, 0.15) is 0 Å². The van der Waals surface area contributed by atoms with Crippen LogP contribution >= 0.6 is 0 Å². The van der Waals surface area contributed by atoms with Crippen LogP contribution in [0.4, 0.5) is 4.79 Å². The number of benzene rings is 2. The number of nitrogens with one attached hydrogen (secondary N) is 1. The molecule has 2 aromatic carbocycles. The van der Waals surface area contributed by atoms with Crippen LogP contribution in [0.15, 0.2) is 71.8 Å². The maximum Gasteiger partial charge on any atom is 0.404 e. The van der Waals surface area contributed by atoms with Crippen molar-refractivity contribution in [2.45, 2.75) is 11.3 Å². The van der Waals surface area contributed by atoms with E-state index in [2.05, 4.69) is 5.32 Å². The van der Waals surface area contributed by atoms with Crippen molar-refractivity contribution in [3.05, 3.63) is 78.0 Å². The molecular weight excluding hydrogens is 418 g/mol. The second-order valence-electron chi connectivity index (χ2n) is 7.11. The van der Waals surface area contributed by atoms with Crippen molar-refractivity contribution in [1.82, 2.24) is 14.2 Å². The third kappa shape index (κ3) is 4.95. The number of nitrogens with zero attached hydrogens (tertiary/aromatic N) is 2. The van der Waals surface area contributed by atoms with Crippen LogP contribution in [-0.4, -0.2) is 55.0 Å². The highest BCUT2D eigenvalue weighted by Crippen LogP contribution is 2.27. The fraction of sp³-hybridized carbons (Fsp3) is 0.182. The zero-order valence-corrected chi connectivity index (χ0v) is 18.0. The molecule has 0 spiro atoms. The number of carboxylic acid groups (broad SMARTS) is 1. The van der Waals surface area contributed by atoms with Crippen LogP contribution in [0.1, 0.15) is 15.9 Å². The topological polar surface area (TPSA) is 109 Å². The molecule has 0 aliphatic carbocycles. The molecule has 0 aliphatic rings. The first-order valence-electron chi connectivity index (χ1n) is 9.51. The van der Waals surface area contributed by atoms with Crippen molar-refractivity contribution in [3.63, 3.8) is 0 Å². The van der Waals surface area contributed by atoms with E-state index in [1.807, 2.05) is 6.07 Å². The lowest BCUT2D eigenvalue weighted by molar-refractivity contribution is 0.0827. The van der Waals surface area contributed by atoms with E-state index in [0.29, 0.717) is 23.2 Å². The van der Waals surface area contributed by atoms with Crippen molar-refractivity contribution < 1.29 is 23.1 Å². The van der Waals surface area contributed by atoms with E-state index in [-0.39, 0.29) is 22.9 Å². The van der Waals surface area contributed by atoms with Gasteiger partial charge in [-0.25, -0.2) is 17.2 Å². The second kappa shape index (κ2) is 9.05. The van der Waals surface area contributed by atoms with E-state index < -0.39 is 16.1 Å². The highest BCUT2D eigenvalue weighted by Gasteiger charge is 2.23. The van der Waals surface area contributed by atoms with Gasteiger partial charge in [0, 0.05) is 32.4 Å². The lowest BCUT2D eigenvalue weighted by Gasteiger charge is -2.13. The molecule has 1 aromatic heterocycles. The van der Waals surface area contributed by atoms with Crippen molar-refractivity contribution >= 4 is 22.0 Å². The number of carbonyl (C=O) groups is 2. The summed E-state index contributed by atoms with van der Waals surface area (Å²) in [4.78, 5) is 24.4. The minimum absolute atomic E-state index is 0.0109. The number of hydrogen-bond donors (Lipinski definition) is 2. The lowest BCUT2D eigenvalue weighted by atomic mass is 10.1. The normalized spacial score (nSPS) is 11.2. The Morgan fingerprint density at radius 1 is 1.03 bits per heavy atom. The highest BCUT2D eigenvalue weighted by atomic mass is 32.2. The van der Waals surface area contributed by atoms with E-state index in [4.69, 9.17) is 5.11 Å². The van der Waals surface area contributed by atoms with Gasteiger partial charge in [0.25, 0.3) is 15.9 Å². The molecule has 0 fully saturated rings. The summed E-state index contributed by atoms with van der Waals surface area (Å²) in [5.74, 6) is -0.298. The Balaban J connectivity index is 2.07. The summed E-state index contributed by atoms with van der Waals surface area (Å²) in [6.07, 6.45) is 0.674. The maximum atomic E-state index is 13.5. The van der Waals surface area contributed by atoms with Gasteiger partial charge in [0.05, 0.1) is 10.6 Å². The van der Waals surface area contributed by atoms with Crippen LogP contribution in [0.5, 0.6) is 0 Å². The predicted molar refractivity (Wildman–Crippen MR) is 117 cm³/mol. The summed E-state index contributed by atoms with van der Waals surface area (Å²) >= 11 is 0. The molecule has 0 bridgehead atoms. The Morgan fingerprint density at radius 3 is 2.39 bits per heavy atom. The van der Waals surface area contributed by atoms with Crippen molar-refractivity contribution in [2.75, 3.05) is 20.6 Å². The number of amides is 2. The SMILES string of the molecule is CN(C)C(=O)c1cccc(S(=O)(=O)n2cc(CCNC(=O)O)cc2-c2ccccc2)c1. The standard InChI is InChI=1S/C22H23N3O5S/c1-24(2)21(26)18-9-6-10-19(14-18)31(29,30)25-15-16(11-12-23-22(27)28)13-20(25)17-7-4-3-5-8-17/h3-10,13-15,23H,11-12H2,1-2H3,(H,27,28). The first kappa shape index (κ1) is 22.1. The molecule has 9 heteroatoms. The van der Waals surface area contributed by atoms with Crippen molar-refractivity contribution in [3.8, 4) is 11.3 Å². The van der Waals surface area contributed by atoms with E-state index in [1.54, 1.807) is 50.5 Å². The van der Waals surface area contributed by atoms with Crippen LogP contribution in [-0.2, 0) is 16.4 Å². The zero-order valence-electron chi connectivity index (χ0n) is 17.1. The third-order valence-corrected chi connectivity index (χ3v) is 6.32. The van der Waals surface area contributed by atoms with E-state index >= 15 is 0 Å². The van der Waals surface area contributed by atoms with Gasteiger partial charge < -0.3 is 15.3 Å². The molecule has 162 valence electrons. The van der Waals surface area contributed by atoms with Crippen molar-refractivity contribution in [2.24, 2.45) is 0 Å². The van der Waals surface area contributed by atoms with Gasteiger partial charge in [-0.3, -0.25) is 4.79 Å². The number of aromatic nitrogens is 1. The monoisotopic (exact) mass is 441 g/mol. The molecule has 31 heavy (non-hydrogen) atoms. The fourth-order valence-corrected chi connectivity index (χ4v) is 4.57.